The van der Waals surface area contributed by atoms with Crippen LogP contribution in [0.5, 0.6) is 11.6 Å². The Kier molecular flexibility index (Phi) is 8.93. The lowest BCUT2D eigenvalue weighted by molar-refractivity contribution is 0.0980. The van der Waals surface area contributed by atoms with Gasteiger partial charge in [-0.2, -0.15) is 0 Å². The first-order valence-corrected chi connectivity index (χ1v) is 10.9. The third-order valence-corrected chi connectivity index (χ3v) is 6.43. The van der Waals surface area contributed by atoms with Crippen molar-refractivity contribution >= 4 is 56.6 Å². The Morgan fingerprint density at radius 2 is 1.90 bits per heavy atom. The number of carbonyl (C=O) groups excluding carboxylic acids is 1. The van der Waals surface area contributed by atoms with Crippen LogP contribution < -0.4 is 14.4 Å². The third-order valence-electron chi connectivity index (χ3n) is 4.90. The second kappa shape index (κ2) is 11.0. The zero-order valence-corrected chi connectivity index (χ0v) is 20.6. The number of anilines is 1. The molecular weight excluding hydrogens is 461 g/mol. The maximum atomic E-state index is 13.5. The number of ether oxygens (including phenoxy) is 2. The molecule has 0 fully saturated rings. The second-order valence-corrected chi connectivity index (χ2v) is 8.02. The first-order valence-electron chi connectivity index (χ1n) is 9.68. The molecule has 0 spiro atoms. The first kappa shape index (κ1) is 25.2. The Hall–Kier alpha value is -2.07. The predicted molar refractivity (Wildman–Crippen MR) is 128 cm³/mol. The topological polar surface area (TPSA) is 72.7 Å². The number of halogens is 2. The molecule has 0 saturated heterocycles. The van der Waals surface area contributed by atoms with E-state index in [9.17, 15) is 4.79 Å². The number of hydrogen-bond acceptors (Lipinski definition) is 7. The molecule has 0 aliphatic rings. The predicted octanol–water partition coefficient (Wildman–Crippen LogP) is 4.11. The number of aromatic nitrogens is 3. The van der Waals surface area contributed by atoms with Gasteiger partial charge >= 0.3 is 0 Å². The van der Waals surface area contributed by atoms with Crippen molar-refractivity contribution in [3.8, 4) is 11.6 Å². The van der Waals surface area contributed by atoms with Crippen molar-refractivity contribution in [1.82, 2.24) is 19.7 Å². The fourth-order valence-electron chi connectivity index (χ4n) is 3.20. The summed E-state index contributed by atoms with van der Waals surface area (Å²) in [5.74, 6) is 0.681. The fourth-order valence-corrected chi connectivity index (χ4v) is 4.48. The highest BCUT2D eigenvalue weighted by molar-refractivity contribution is 7.23. The van der Waals surface area contributed by atoms with Crippen molar-refractivity contribution in [1.29, 1.82) is 0 Å². The number of nitrogens with zero attached hydrogens (tertiary/aromatic N) is 5. The standard InChI is InChI=1S/C20H26ClN5O3S.ClH/c1-6-25(7-2)10-11-26(19(27)13-12-24(3)23-18(13)29-5)20-22-16-15(28-4)9-8-14(21)17(16)30-20;/h8-9,12H,6-7,10-11H2,1-5H3;1H. The Morgan fingerprint density at radius 3 is 2.52 bits per heavy atom. The molecule has 0 atom stereocenters. The van der Waals surface area contributed by atoms with Crippen LogP contribution in [0.25, 0.3) is 10.2 Å². The number of aryl methyl sites for hydroxylation is 1. The number of rotatable bonds is 9. The first-order chi connectivity index (χ1) is 14.4. The summed E-state index contributed by atoms with van der Waals surface area (Å²) in [6.07, 6.45) is 1.66. The zero-order valence-electron chi connectivity index (χ0n) is 18.2. The lowest BCUT2D eigenvalue weighted by Gasteiger charge is -2.24. The molecule has 31 heavy (non-hydrogen) atoms. The molecule has 1 aromatic carbocycles. The summed E-state index contributed by atoms with van der Waals surface area (Å²) in [5.41, 5.74) is 1.03. The Bertz CT molecular complexity index is 1040. The molecular formula is C20H27Cl2N5O3S. The molecule has 0 bridgehead atoms. The smallest absolute Gasteiger partial charge is 0.267 e. The highest BCUT2D eigenvalue weighted by atomic mass is 35.5. The molecule has 1 amide bonds. The Labute approximate surface area is 197 Å². The van der Waals surface area contributed by atoms with Crippen LogP contribution in [0.2, 0.25) is 5.02 Å². The molecule has 8 nitrogen and oxygen atoms in total. The maximum Gasteiger partial charge on any atom is 0.267 e. The molecule has 170 valence electrons. The second-order valence-electron chi connectivity index (χ2n) is 6.63. The van der Waals surface area contributed by atoms with E-state index in [4.69, 9.17) is 26.1 Å². The summed E-state index contributed by atoms with van der Waals surface area (Å²) in [6, 6.07) is 3.55. The average molecular weight is 488 g/mol. The van der Waals surface area contributed by atoms with Crippen LogP contribution in [-0.2, 0) is 7.05 Å². The molecule has 0 aliphatic carbocycles. The van der Waals surface area contributed by atoms with Gasteiger partial charge in [-0.3, -0.25) is 14.4 Å². The van der Waals surface area contributed by atoms with Crippen molar-refractivity contribution in [2.45, 2.75) is 13.8 Å². The largest absolute Gasteiger partial charge is 0.494 e. The van der Waals surface area contributed by atoms with E-state index in [1.165, 1.54) is 18.4 Å². The highest BCUT2D eigenvalue weighted by Gasteiger charge is 2.27. The summed E-state index contributed by atoms with van der Waals surface area (Å²) >= 11 is 7.76. The van der Waals surface area contributed by atoms with Crippen LogP contribution in [0.4, 0.5) is 5.13 Å². The van der Waals surface area contributed by atoms with Crippen LogP contribution in [0, 0.1) is 0 Å². The number of fused-ring (bicyclic) bond motifs is 1. The van der Waals surface area contributed by atoms with Crippen LogP contribution in [0.15, 0.2) is 18.3 Å². The van der Waals surface area contributed by atoms with Crippen LogP contribution in [-0.4, -0.2) is 66.0 Å². The summed E-state index contributed by atoms with van der Waals surface area (Å²) < 4.78 is 13.1. The van der Waals surface area contributed by atoms with Crippen molar-refractivity contribution in [3.05, 3.63) is 28.9 Å². The molecule has 0 aliphatic heterocycles. The van der Waals surface area contributed by atoms with Gasteiger partial charge in [0.1, 0.15) is 16.8 Å². The van der Waals surface area contributed by atoms with Gasteiger partial charge in [-0.15, -0.1) is 17.5 Å². The molecule has 3 aromatic rings. The van der Waals surface area contributed by atoms with E-state index in [2.05, 4.69) is 23.8 Å². The molecule has 2 aromatic heterocycles. The molecule has 0 N–H and O–H groups in total. The highest BCUT2D eigenvalue weighted by Crippen LogP contribution is 2.39. The quantitative estimate of drug-likeness (QED) is 0.452. The van der Waals surface area contributed by atoms with Crippen LogP contribution >= 0.6 is 35.3 Å². The molecule has 11 heteroatoms. The lowest BCUT2D eigenvalue weighted by Crippen LogP contribution is -2.38. The zero-order chi connectivity index (χ0) is 21.8. The minimum Gasteiger partial charge on any atom is -0.494 e. The van der Waals surface area contributed by atoms with Gasteiger partial charge in [-0.1, -0.05) is 36.8 Å². The monoisotopic (exact) mass is 487 g/mol. The van der Waals surface area contributed by atoms with Gasteiger partial charge in [0.25, 0.3) is 5.91 Å². The minimum absolute atomic E-state index is 0. The van der Waals surface area contributed by atoms with Gasteiger partial charge in [0, 0.05) is 26.3 Å². The Balaban J connectivity index is 0.00000341. The molecule has 0 radical (unpaired) electrons. The molecule has 2 heterocycles. The van der Waals surface area contributed by atoms with E-state index in [0.29, 0.717) is 40.1 Å². The number of carbonyl (C=O) groups is 1. The fraction of sp³-hybridized carbons (Fsp3) is 0.450. The van der Waals surface area contributed by atoms with E-state index in [1.54, 1.807) is 42.1 Å². The Morgan fingerprint density at radius 1 is 1.19 bits per heavy atom. The third kappa shape index (κ3) is 5.23. The molecule has 0 unspecified atom stereocenters. The average Bonchev–Trinajstić information content (AvgIpc) is 3.35. The van der Waals surface area contributed by atoms with Gasteiger partial charge in [0.2, 0.25) is 5.88 Å². The number of benzene rings is 1. The van der Waals surface area contributed by atoms with E-state index in [0.717, 1.165) is 17.8 Å². The van der Waals surface area contributed by atoms with Gasteiger partial charge in [-0.25, -0.2) is 4.98 Å². The number of methoxy groups -OCH3 is 2. The van der Waals surface area contributed by atoms with Crippen molar-refractivity contribution in [3.63, 3.8) is 0 Å². The van der Waals surface area contributed by atoms with Gasteiger partial charge in [0.15, 0.2) is 5.13 Å². The minimum atomic E-state index is -0.221. The van der Waals surface area contributed by atoms with Crippen molar-refractivity contribution < 1.29 is 14.3 Å². The number of thiazole rings is 1. The summed E-state index contributed by atoms with van der Waals surface area (Å²) in [4.78, 5) is 22.1. The SMILES string of the molecule is CCN(CC)CCN(C(=O)c1cn(C)nc1OC)c1nc2c(OC)ccc(Cl)c2s1.Cl. The van der Waals surface area contributed by atoms with E-state index in [-0.39, 0.29) is 24.2 Å². The van der Waals surface area contributed by atoms with Gasteiger partial charge in [-0.05, 0) is 25.2 Å². The maximum absolute atomic E-state index is 13.5. The van der Waals surface area contributed by atoms with E-state index >= 15 is 0 Å². The van der Waals surface area contributed by atoms with Gasteiger partial charge < -0.3 is 14.4 Å². The number of likely N-dealkylation sites (N-methyl/N-ethyl adjacent to an activating group) is 1. The van der Waals surface area contributed by atoms with Crippen molar-refractivity contribution in [2.24, 2.45) is 7.05 Å². The van der Waals surface area contributed by atoms with Crippen molar-refractivity contribution in [2.75, 3.05) is 45.3 Å². The van der Waals surface area contributed by atoms with Crippen LogP contribution in [0.3, 0.4) is 0 Å². The summed E-state index contributed by atoms with van der Waals surface area (Å²) in [5, 5.41) is 5.35. The van der Waals surface area contributed by atoms with Gasteiger partial charge in [0.05, 0.1) is 23.9 Å². The number of hydrogen-bond donors (Lipinski definition) is 0. The lowest BCUT2D eigenvalue weighted by atomic mass is 10.3. The molecule has 0 saturated carbocycles. The van der Waals surface area contributed by atoms with Crippen LogP contribution in [0.1, 0.15) is 24.2 Å². The molecule has 3 rings (SSSR count). The van der Waals surface area contributed by atoms with E-state index < -0.39 is 0 Å². The normalized spacial score (nSPS) is 10.9. The number of amides is 1. The summed E-state index contributed by atoms with van der Waals surface area (Å²) in [7, 11) is 4.84. The van der Waals surface area contributed by atoms with E-state index in [1.807, 2.05) is 0 Å². The summed E-state index contributed by atoms with van der Waals surface area (Å²) in [6.45, 7) is 7.17.